The number of carbonyl (C=O) groups excluding carboxylic acids is 2. The molecule has 0 aromatic heterocycles. The minimum Gasteiger partial charge on any atom is -0.375 e. The summed E-state index contributed by atoms with van der Waals surface area (Å²) >= 11 is 0. The van der Waals surface area contributed by atoms with Gasteiger partial charge in [-0.1, -0.05) is 66.3 Å². The molecule has 0 fully saturated rings. The Balaban J connectivity index is 1.71. The van der Waals surface area contributed by atoms with Gasteiger partial charge in [0.2, 0.25) is 0 Å². The lowest BCUT2D eigenvalue weighted by Gasteiger charge is -2.19. The van der Waals surface area contributed by atoms with Gasteiger partial charge in [-0.25, -0.2) is 0 Å². The summed E-state index contributed by atoms with van der Waals surface area (Å²) < 4.78 is 0. The van der Waals surface area contributed by atoms with Crippen molar-refractivity contribution < 1.29 is 14.7 Å². The summed E-state index contributed by atoms with van der Waals surface area (Å²) in [5.41, 5.74) is 1.14. The van der Waals surface area contributed by atoms with E-state index in [1.54, 1.807) is 24.3 Å². The van der Waals surface area contributed by atoms with Crippen molar-refractivity contribution in [3.8, 4) is 0 Å². The van der Waals surface area contributed by atoms with Crippen LogP contribution in [0.2, 0.25) is 0 Å². The molecule has 1 aliphatic rings. The summed E-state index contributed by atoms with van der Waals surface area (Å²) in [6, 6.07) is 15.0. The lowest BCUT2D eigenvalue weighted by Crippen LogP contribution is -2.36. The topological polar surface area (TPSA) is 66.4 Å². The number of anilines is 1. The Morgan fingerprint density at radius 1 is 1.16 bits per heavy atom. The van der Waals surface area contributed by atoms with E-state index in [2.05, 4.69) is 5.32 Å². The third-order valence-corrected chi connectivity index (χ3v) is 4.16. The lowest BCUT2D eigenvalue weighted by atomic mass is 9.89. The molecule has 3 rings (SSSR count). The van der Waals surface area contributed by atoms with Crippen LogP contribution in [0.1, 0.15) is 23.1 Å². The second kappa shape index (κ2) is 6.87. The molecule has 4 nitrogen and oxygen atoms in total. The fourth-order valence-electron chi connectivity index (χ4n) is 2.84. The Hall–Kier alpha value is -2.98. The average Bonchev–Trinajstić information content (AvgIpc) is 2.83. The van der Waals surface area contributed by atoms with E-state index in [9.17, 15) is 14.7 Å². The fourth-order valence-corrected chi connectivity index (χ4v) is 2.84. The highest BCUT2D eigenvalue weighted by molar-refractivity contribution is 6.08. The molecule has 0 saturated heterocycles. The molecule has 126 valence electrons. The van der Waals surface area contributed by atoms with E-state index in [1.807, 2.05) is 49.4 Å². The highest BCUT2D eigenvalue weighted by Crippen LogP contribution is 2.39. The minimum absolute atomic E-state index is 0.287. The van der Waals surface area contributed by atoms with Crippen molar-refractivity contribution in [3.05, 3.63) is 83.4 Å². The molecule has 0 spiro atoms. The third-order valence-electron chi connectivity index (χ3n) is 4.16. The van der Waals surface area contributed by atoms with E-state index in [0.29, 0.717) is 11.3 Å². The van der Waals surface area contributed by atoms with Gasteiger partial charge in [-0.05, 0) is 24.6 Å². The van der Waals surface area contributed by atoms with Gasteiger partial charge in [0.1, 0.15) is 0 Å². The quantitative estimate of drug-likeness (QED) is 0.651. The highest BCUT2D eigenvalue weighted by atomic mass is 16.3. The first kappa shape index (κ1) is 16.9. The summed E-state index contributed by atoms with van der Waals surface area (Å²) in [7, 11) is 0. The van der Waals surface area contributed by atoms with E-state index < -0.39 is 11.5 Å². The van der Waals surface area contributed by atoms with Crippen LogP contribution < -0.4 is 5.32 Å². The van der Waals surface area contributed by atoms with Crippen molar-refractivity contribution in [2.75, 3.05) is 5.32 Å². The van der Waals surface area contributed by atoms with Crippen LogP contribution in [0.15, 0.2) is 66.8 Å². The van der Waals surface area contributed by atoms with Crippen LogP contribution >= 0.6 is 0 Å². The molecule has 0 radical (unpaired) electrons. The molecule has 0 aliphatic carbocycles. The first-order valence-electron chi connectivity index (χ1n) is 8.07. The van der Waals surface area contributed by atoms with Gasteiger partial charge < -0.3 is 10.4 Å². The van der Waals surface area contributed by atoms with Crippen LogP contribution in [0.25, 0.3) is 6.08 Å². The maximum absolute atomic E-state index is 12.2. The fraction of sp³-hybridized carbons (Fsp3) is 0.143. The van der Waals surface area contributed by atoms with E-state index in [1.165, 1.54) is 6.08 Å². The van der Waals surface area contributed by atoms with Gasteiger partial charge in [0.15, 0.2) is 11.4 Å². The summed E-state index contributed by atoms with van der Waals surface area (Å²) in [6.45, 7) is 1.87. The van der Waals surface area contributed by atoms with Gasteiger partial charge in [0.05, 0.1) is 6.42 Å². The van der Waals surface area contributed by atoms with Gasteiger partial charge in [-0.15, -0.1) is 0 Å². The SMILES string of the molecule is Cc1ccc2c(c1)[C@@](O)(CC(=O)/C=C/C=C/c1ccccc1)C(=O)N2. The second-order valence-corrected chi connectivity index (χ2v) is 6.14. The Morgan fingerprint density at radius 2 is 1.92 bits per heavy atom. The van der Waals surface area contributed by atoms with Crippen molar-refractivity contribution in [3.63, 3.8) is 0 Å². The number of ketones is 1. The van der Waals surface area contributed by atoms with E-state index in [4.69, 9.17) is 0 Å². The van der Waals surface area contributed by atoms with Crippen LogP contribution in [-0.4, -0.2) is 16.8 Å². The highest BCUT2D eigenvalue weighted by Gasteiger charge is 2.46. The van der Waals surface area contributed by atoms with Crippen LogP contribution in [-0.2, 0) is 15.2 Å². The van der Waals surface area contributed by atoms with Crippen LogP contribution in [0.4, 0.5) is 5.69 Å². The summed E-state index contributed by atoms with van der Waals surface area (Å²) in [5.74, 6) is -0.876. The number of rotatable bonds is 5. The second-order valence-electron chi connectivity index (χ2n) is 6.14. The molecule has 1 aliphatic heterocycles. The molecule has 0 saturated carbocycles. The first-order chi connectivity index (χ1) is 12.0. The van der Waals surface area contributed by atoms with E-state index in [-0.39, 0.29) is 12.2 Å². The zero-order valence-corrected chi connectivity index (χ0v) is 13.9. The largest absolute Gasteiger partial charge is 0.375 e. The lowest BCUT2D eigenvalue weighted by molar-refractivity contribution is -0.138. The number of hydrogen-bond acceptors (Lipinski definition) is 3. The van der Waals surface area contributed by atoms with Gasteiger partial charge in [-0.2, -0.15) is 0 Å². The third kappa shape index (κ3) is 3.59. The smallest absolute Gasteiger partial charge is 0.261 e. The molecule has 4 heteroatoms. The minimum atomic E-state index is -1.81. The van der Waals surface area contributed by atoms with Gasteiger partial charge in [-0.3, -0.25) is 9.59 Å². The van der Waals surface area contributed by atoms with Crippen molar-refractivity contribution >= 4 is 23.5 Å². The van der Waals surface area contributed by atoms with Crippen molar-refractivity contribution in [1.82, 2.24) is 0 Å². The molecule has 1 heterocycles. The predicted octanol–water partition coefficient (Wildman–Crippen LogP) is 3.36. The number of aliphatic hydroxyl groups is 1. The Bertz CT molecular complexity index is 868. The zero-order valence-electron chi connectivity index (χ0n) is 13.9. The number of aryl methyl sites for hydroxylation is 1. The molecular weight excluding hydrogens is 314 g/mol. The Kier molecular flexibility index (Phi) is 4.63. The molecule has 25 heavy (non-hydrogen) atoms. The summed E-state index contributed by atoms with van der Waals surface area (Å²) in [6.07, 6.45) is 6.33. The van der Waals surface area contributed by atoms with Crippen LogP contribution in [0.5, 0.6) is 0 Å². The van der Waals surface area contributed by atoms with Crippen molar-refractivity contribution in [1.29, 1.82) is 0 Å². The van der Waals surface area contributed by atoms with Gasteiger partial charge in [0, 0.05) is 11.3 Å². The Labute approximate surface area is 146 Å². The number of carbonyl (C=O) groups is 2. The molecular formula is C21H19NO3. The van der Waals surface area contributed by atoms with Crippen LogP contribution in [0.3, 0.4) is 0 Å². The standard InChI is InChI=1S/C21H19NO3/c1-15-11-12-19-18(13-15)21(25,20(24)22-19)14-17(23)10-6-5-9-16-7-3-2-4-8-16/h2-13,25H,14H2,1H3,(H,22,24)/b9-5+,10-6+/t21-/m0/s1. The molecule has 1 atom stereocenters. The number of benzene rings is 2. The van der Waals surface area contributed by atoms with Crippen molar-refractivity contribution in [2.45, 2.75) is 18.9 Å². The van der Waals surface area contributed by atoms with Gasteiger partial charge >= 0.3 is 0 Å². The monoisotopic (exact) mass is 333 g/mol. The number of amides is 1. The summed E-state index contributed by atoms with van der Waals surface area (Å²) in [5, 5.41) is 13.4. The van der Waals surface area contributed by atoms with E-state index in [0.717, 1.165) is 11.1 Å². The molecule has 0 unspecified atom stereocenters. The maximum Gasteiger partial charge on any atom is 0.261 e. The van der Waals surface area contributed by atoms with Crippen molar-refractivity contribution in [2.24, 2.45) is 0 Å². The van der Waals surface area contributed by atoms with Crippen LogP contribution in [0, 0.1) is 6.92 Å². The molecule has 2 aromatic carbocycles. The normalized spacial score (nSPS) is 19.4. The predicted molar refractivity (Wildman–Crippen MR) is 97.9 cm³/mol. The maximum atomic E-state index is 12.2. The number of allylic oxidation sites excluding steroid dienone is 3. The van der Waals surface area contributed by atoms with Gasteiger partial charge in [0.25, 0.3) is 5.91 Å². The average molecular weight is 333 g/mol. The molecule has 2 aromatic rings. The summed E-state index contributed by atoms with van der Waals surface area (Å²) in [4.78, 5) is 24.4. The number of hydrogen-bond donors (Lipinski definition) is 2. The molecule has 1 amide bonds. The number of nitrogens with one attached hydrogen (secondary N) is 1. The first-order valence-corrected chi connectivity index (χ1v) is 8.07. The molecule has 2 N–H and O–H groups in total. The molecule has 0 bridgehead atoms. The Morgan fingerprint density at radius 3 is 2.68 bits per heavy atom. The zero-order chi connectivity index (χ0) is 17.9. The van der Waals surface area contributed by atoms with E-state index >= 15 is 0 Å². The number of fused-ring (bicyclic) bond motifs is 1.